The molecule has 0 spiro atoms. The largest absolute Gasteiger partial charge is 0.392 e. The third-order valence-electron chi connectivity index (χ3n) is 4.54. The topological polar surface area (TPSA) is 46.9 Å². The SMILES string of the molecule is CC(O)CN1CCC(CN(C)CC(O)c2ccc(F)cc2)CC1. The quantitative estimate of drug-likeness (QED) is 0.804. The summed E-state index contributed by atoms with van der Waals surface area (Å²) in [4.78, 5) is 4.47. The van der Waals surface area contributed by atoms with Crippen molar-refractivity contribution in [2.45, 2.75) is 32.0 Å². The Kier molecular flexibility index (Phi) is 6.96. The highest BCUT2D eigenvalue weighted by Gasteiger charge is 2.22. The van der Waals surface area contributed by atoms with Crippen LogP contribution in [-0.4, -0.2) is 65.9 Å². The predicted octanol–water partition coefficient (Wildman–Crippen LogP) is 1.88. The van der Waals surface area contributed by atoms with Gasteiger partial charge < -0.3 is 20.0 Å². The second-order valence-corrected chi connectivity index (χ2v) is 6.88. The third-order valence-corrected chi connectivity index (χ3v) is 4.54. The molecule has 0 aromatic heterocycles. The smallest absolute Gasteiger partial charge is 0.123 e. The summed E-state index contributed by atoms with van der Waals surface area (Å²) in [5, 5.41) is 19.7. The van der Waals surface area contributed by atoms with Crippen molar-refractivity contribution in [3.8, 4) is 0 Å². The molecule has 1 heterocycles. The molecule has 2 atom stereocenters. The number of likely N-dealkylation sites (tertiary alicyclic amines) is 1. The van der Waals surface area contributed by atoms with E-state index >= 15 is 0 Å². The van der Waals surface area contributed by atoms with E-state index in [0.717, 1.165) is 44.6 Å². The van der Waals surface area contributed by atoms with Crippen LogP contribution in [0.3, 0.4) is 0 Å². The summed E-state index contributed by atoms with van der Waals surface area (Å²) in [5.74, 6) is 0.351. The molecule has 1 aliphatic rings. The molecule has 2 N–H and O–H groups in total. The molecular weight excluding hydrogens is 295 g/mol. The number of likely N-dealkylation sites (N-methyl/N-ethyl adjacent to an activating group) is 1. The molecule has 1 aromatic rings. The molecule has 0 saturated carbocycles. The lowest BCUT2D eigenvalue weighted by atomic mass is 9.96. The van der Waals surface area contributed by atoms with Crippen LogP contribution < -0.4 is 0 Å². The summed E-state index contributed by atoms with van der Waals surface area (Å²) in [7, 11) is 2.02. The number of aliphatic hydroxyl groups is 2. The van der Waals surface area contributed by atoms with Crippen molar-refractivity contribution in [1.29, 1.82) is 0 Å². The normalized spacial score (nSPS) is 19.9. The number of hydrogen-bond acceptors (Lipinski definition) is 4. The molecule has 1 aliphatic heterocycles. The summed E-state index contributed by atoms with van der Waals surface area (Å²) in [6, 6.07) is 6.05. The van der Waals surface area contributed by atoms with Crippen LogP contribution in [0.25, 0.3) is 0 Å². The highest BCUT2D eigenvalue weighted by atomic mass is 19.1. The monoisotopic (exact) mass is 324 g/mol. The van der Waals surface area contributed by atoms with Crippen LogP contribution in [0.2, 0.25) is 0 Å². The number of halogens is 1. The lowest BCUT2D eigenvalue weighted by molar-refractivity contribution is 0.0806. The minimum absolute atomic E-state index is 0.264. The van der Waals surface area contributed by atoms with E-state index < -0.39 is 6.10 Å². The molecule has 1 fully saturated rings. The van der Waals surface area contributed by atoms with E-state index in [2.05, 4.69) is 9.80 Å². The van der Waals surface area contributed by atoms with Gasteiger partial charge in [0.05, 0.1) is 12.2 Å². The lowest BCUT2D eigenvalue weighted by Crippen LogP contribution is -2.41. The molecule has 0 bridgehead atoms. The lowest BCUT2D eigenvalue weighted by Gasteiger charge is -2.34. The molecule has 5 heteroatoms. The van der Waals surface area contributed by atoms with Crippen molar-refractivity contribution in [2.24, 2.45) is 5.92 Å². The van der Waals surface area contributed by atoms with Gasteiger partial charge in [0.1, 0.15) is 5.82 Å². The van der Waals surface area contributed by atoms with Crippen LogP contribution in [0, 0.1) is 11.7 Å². The van der Waals surface area contributed by atoms with Gasteiger partial charge in [0.25, 0.3) is 0 Å². The van der Waals surface area contributed by atoms with Gasteiger partial charge in [-0.25, -0.2) is 4.39 Å². The Hall–Kier alpha value is -1.01. The van der Waals surface area contributed by atoms with Gasteiger partial charge in [0.15, 0.2) is 0 Å². The first kappa shape index (κ1) is 18.3. The number of rotatable bonds is 7. The van der Waals surface area contributed by atoms with Crippen LogP contribution in [0.5, 0.6) is 0 Å². The molecule has 2 unspecified atom stereocenters. The maximum absolute atomic E-state index is 12.9. The van der Waals surface area contributed by atoms with Crippen molar-refractivity contribution in [3.63, 3.8) is 0 Å². The maximum Gasteiger partial charge on any atom is 0.123 e. The van der Waals surface area contributed by atoms with Crippen molar-refractivity contribution in [1.82, 2.24) is 9.80 Å². The summed E-state index contributed by atoms with van der Waals surface area (Å²) in [6.07, 6.45) is 1.41. The van der Waals surface area contributed by atoms with Gasteiger partial charge in [-0.05, 0) is 63.5 Å². The van der Waals surface area contributed by atoms with Gasteiger partial charge in [-0.2, -0.15) is 0 Å². The first-order valence-electron chi connectivity index (χ1n) is 8.46. The van der Waals surface area contributed by atoms with E-state index in [1.54, 1.807) is 12.1 Å². The van der Waals surface area contributed by atoms with E-state index in [9.17, 15) is 14.6 Å². The molecule has 23 heavy (non-hydrogen) atoms. The van der Waals surface area contributed by atoms with E-state index in [0.29, 0.717) is 12.5 Å². The van der Waals surface area contributed by atoms with Gasteiger partial charge in [0, 0.05) is 19.6 Å². The van der Waals surface area contributed by atoms with Crippen LogP contribution in [0.15, 0.2) is 24.3 Å². The molecule has 0 aliphatic carbocycles. The Morgan fingerprint density at radius 3 is 2.39 bits per heavy atom. The fourth-order valence-electron chi connectivity index (χ4n) is 3.33. The third kappa shape index (κ3) is 6.18. The first-order valence-corrected chi connectivity index (χ1v) is 8.46. The zero-order valence-electron chi connectivity index (χ0n) is 14.2. The number of benzene rings is 1. The summed E-state index contributed by atoms with van der Waals surface area (Å²) < 4.78 is 12.9. The van der Waals surface area contributed by atoms with Gasteiger partial charge in [-0.15, -0.1) is 0 Å². The Labute approximate surface area is 138 Å². The Morgan fingerprint density at radius 2 is 1.83 bits per heavy atom. The zero-order valence-corrected chi connectivity index (χ0v) is 14.2. The fourth-order valence-corrected chi connectivity index (χ4v) is 3.33. The minimum Gasteiger partial charge on any atom is -0.392 e. The second kappa shape index (κ2) is 8.73. The average Bonchev–Trinajstić information content (AvgIpc) is 2.49. The average molecular weight is 324 g/mol. The van der Waals surface area contributed by atoms with Crippen LogP contribution in [0.4, 0.5) is 4.39 Å². The Bertz CT molecular complexity index is 459. The zero-order chi connectivity index (χ0) is 16.8. The van der Waals surface area contributed by atoms with Crippen molar-refractivity contribution in [3.05, 3.63) is 35.6 Å². The second-order valence-electron chi connectivity index (χ2n) is 6.88. The maximum atomic E-state index is 12.9. The molecule has 0 amide bonds. The van der Waals surface area contributed by atoms with E-state index in [1.165, 1.54) is 12.1 Å². The highest BCUT2D eigenvalue weighted by Crippen LogP contribution is 2.20. The summed E-state index contributed by atoms with van der Waals surface area (Å²) in [6.45, 7) is 6.16. The molecule has 4 nitrogen and oxygen atoms in total. The van der Waals surface area contributed by atoms with Crippen LogP contribution in [-0.2, 0) is 0 Å². The Balaban J connectivity index is 1.72. The van der Waals surface area contributed by atoms with E-state index in [-0.39, 0.29) is 11.9 Å². The van der Waals surface area contributed by atoms with Crippen molar-refractivity contribution >= 4 is 0 Å². The number of nitrogens with zero attached hydrogens (tertiary/aromatic N) is 2. The van der Waals surface area contributed by atoms with Crippen molar-refractivity contribution < 1.29 is 14.6 Å². The fraction of sp³-hybridized carbons (Fsp3) is 0.667. The summed E-state index contributed by atoms with van der Waals surface area (Å²) in [5.41, 5.74) is 0.755. The number of hydrogen-bond donors (Lipinski definition) is 2. The van der Waals surface area contributed by atoms with Gasteiger partial charge in [0.2, 0.25) is 0 Å². The molecule has 2 rings (SSSR count). The molecule has 130 valence electrons. The molecular formula is C18H29FN2O2. The molecule has 0 radical (unpaired) electrons. The predicted molar refractivity (Wildman–Crippen MR) is 89.7 cm³/mol. The standard InChI is InChI=1S/C18H29FN2O2/c1-14(22)11-21-9-7-15(8-10-21)12-20(2)13-18(23)16-3-5-17(19)6-4-16/h3-6,14-15,18,22-23H,7-13H2,1-2H3. The number of β-amino-alcohol motifs (C(OH)–C–C–N with tert-alkyl or cyclic N) is 1. The van der Waals surface area contributed by atoms with Crippen LogP contribution >= 0.6 is 0 Å². The minimum atomic E-state index is -0.587. The first-order chi connectivity index (χ1) is 10.9. The highest BCUT2D eigenvalue weighted by molar-refractivity contribution is 5.18. The van der Waals surface area contributed by atoms with Gasteiger partial charge >= 0.3 is 0 Å². The number of aliphatic hydroxyl groups excluding tert-OH is 2. The Morgan fingerprint density at radius 1 is 1.22 bits per heavy atom. The number of piperidine rings is 1. The summed E-state index contributed by atoms with van der Waals surface area (Å²) >= 11 is 0. The van der Waals surface area contributed by atoms with Gasteiger partial charge in [-0.3, -0.25) is 0 Å². The van der Waals surface area contributed by atoms with Crippen molar-refractivity contribution in [2.75, 3.05) is 39.8 Å². The molecule has 1 aromatic carbocycles. The van der Waals surface area contributed by atoms with E-state index in [1.807, 2.05) is 14.0 Å². The van der Waals surface area contributed by atoms with Gasteiger partial charge in [-0.1, -0.05) is 12.1 Å². The van der Waals surface area contributed by atoms with E-state index in [4.69, 9.17) is 0 Å². The van der Waals surface area contributed by atoms with Crippen LogP contribution in [0.1, 0.15) is 31.4 Å². The molecule has 1 saturated heterocycles.